The van der Waals surface area contributed by atoms with Gasteiger partial charge in [0.1, 0.15) is 0 Å². The van der Waals surface area contributed by atoms with Crippen molar-refractivity contribution < 1.29 is 14.3 Å². The number of rotatable bonds is 6. The first-order valence-electron chi connectivity index (χ1n) is 11.1. The average Bonchev–Trinajstić information content (AvgIpc) is 3.26. The lowest BCUT2D eigenvalue weighted by molar-refractivity contribution is -0.150. The van der Waals surface area contributed by atoms with Crippen molar-refractivity contribution in [3.8, 4) is 0 Å². The van der Waals surface area contributed by atoms with Gasteiger partial charge in [0.25, 0.3) is 5.91 Å². The number of amides is 1. The van der Waals surface area contributed by atoms with E-state index >= 15 is 0 Å². The van der Waals surface area contributed by atoms with E-state index in [1.54, 1.807) is 5.01 Å². The van der Waals surface area contributed by atoms with Gasteiger partial charge in [-0.1, -0.05) is 60.1 Å². The molecule has 0 radical (unpaired) electrons. The van der Waals surface area contributed by atoms with Gasteiger partial charge in [-0.2, -0.15) is 5.10 Å². The maximum atomic E-state index is 13.4. The Bertz CT molecular complexity index is 995. The van der Waals surface area contributed by atoms with E-state index in [4.69, 9.17) is 21.4 Å². The van der Waals surface area contributed by atoms with Crippen LogP contribution in [0, 0.1) is 5.92 Å². The maximum absolute atomic E-state index is 13.4. The van der Waals surface area contributed by atoms with Gasteiger partial charge in [-0.15, -0.1) is 0 Å². The number of benzene rings is 2. The molecular formula is C25H28ClN3O3. The van der Waals surface area contributed by atoms with E-state index in [9.17, 15) is 9.59 Å². The molecule has 4 rings (SSSR count). The zero-order chi connectivity index (χ0) is 22.5. The summed E-state index contributed by atoms with van der Waals surface area (Å²) in [6.07, 6.45) is 2.26. The molecule has 2 aromatic carbocycles. The summed E-state index contributed by atoms with van der Waals surface area (Å²) in [5, 5.41) is 6.94. The van der Waals surface area contributed by atoms with Crippen LogP contribution in [0.1, 0.15) is 43.4 Å². The predicted octanol–water partition coefficient (Wildman–Crippen LogP) is 4.29. The number of likely N-dealkylation sites (tertiary alicyclic amines) is 1. The number of carbonyl (C=O) groups is 2. The van der Waals surface area contributed by atoms with E-state index in [1.807, 2.05) is 66.4 Å². The number of carbonyl (C=O) groups excluding carboxylic acids is 2. The van der Waals surface area contributed by atoms with Gasteiger partial charge in [0.15, 0.2) is 0 Å². The molecule has 6 nitrogen and oxygen atoms in total. The van der Waals surface area contributed by atoms with Gasteiger partial charge in [0.2, 0.25) is 0 Å². The second-order valence-corrected chi connectivity index (χ2v) is 8.63. The van der Waals surface area contributed by atoms with Gasteiger partial charge in [-0.3, -0.25) is 14.5 Å². The summed E-state index contributed by atoms with van der Waals surface area (Å²) in [5.74, 6) is -0.452. The first-order chi connectivity index (χ1) is 15.6. The van der Waals surface area contributed by atoms with Gasteiger partial charge < -0.3 is 4.74 Å². The Morgan fingerprint density at radius 2 is 1.88 bits per heavy atom. The SMILES string of the molecule is CCOC(=O)[C@@H]1CCCN(CC(=O)N2N=C(c3ccccc3)C[C@H]2c2ccccc2Cl)C1. The van der Waals surface area contributed by atoms with E-state index in [1.165, 1.54) is 0 Å². The molecule has 0 spiro atoms. The Balaban J connectivity index is 1.54. The maximum Gasteiger partial charge on any atom is 0.310 e. The molecule has 1 amide bonds. The average molecular weight is 454 g/mol. The molecule has 2 heterocycles. The first-order valence-corrected chi connectivity index (χ1v) is 11.5. The summed E-state index contributed by atoms with van der Waals surface area (Å²) in [4.78, 5) is 27.6. The molecule has 1 fully saturated rings. The highest BCUT2D eigenvalue weighted by molar-refractivity contribution is 6.31. The monoisotopic (exact) mass is 453 g/mol. The van der Waals surface area contributed by atoms with Crippen LogP contribution in [0.15, 0.2) is 59.7 Å². The number of ether oxygens (including phenoxy) is 1. The molecule has 0 unspecified atom stereocenters. The smallest absolute Gasteiger partial charge is 0.310 e. The van der Waals surface area contributed by atoms with Crippen LogP contribution in [-0.4, -0.2) is 53.7 Å². The molecular weight excluding hydrogens is 426 g/mol. The van der Waals surface area contributed by atoms with Crippen molar-refractivity contribution >= 4 is 29.2 Å². The third-order valence-corrected chi connectivity index (χ3v) is 6.37. The largest absolute Gasteiger partial charge is 0.466 e. The second-order valence-electron chi connectivity index (χ2n) is 8.22. The molecule has 2 aromatic rings. The molecule has 7 heteroatoms. The molecule has 0 bridgehead atoms. The minimum absolute atomic E-state index is 0.0923. The molecule has 0 saturated carbocycles. The summed E-state index contributed by atoms with van der Waals surface area (Å²) in [7, 11) is 0. The fourth-order valence-electron chi connectivity index (χ4n) is 4.45. The zero-order valence-electron chi connectivity index (χ0n) is 18.2. The lowest BCUT2D eigenvalue weighted by atomic mass is 9.97. The number of piperidine rings is 1. The molecule has 2 atom stereocenters. The summed E-state index contributed by atoms with van der Waals surface area (Å²) >= 11 is 6.49. The van der Waals surface area contributed by atoms with Crippen molar-refractivity contribution in [3.63, 3.8) is 0 Å². The van der Waals surface area contributed by atoms with Crippen molar-refractivity contribution in [2.24, 2.45) is 11.0 Å². The van der Waals surface area contributed by atoms with E-state index in [2.05, 4.69) is 0 Å². The molecule has 168 valence electrons. The fourth-order valence-corrected chi connectivity index (χ4v) is 4.71. The minimum atomic E-state index is -0.253. The lowest BCUT2D eigenvalue weighted by Gasteiger charge is -2.32. The molecule has 0 N–H and O–H groups in total. The highest BCUT2D eigenvalue weighted by atomic mass is 35.5. The summed E-state index contributed by atoms with van der Waals surface area (Å²) in [6, 6.07) is 17.3. The fraction of sp³-hybridized carbons (Fsp3) is 0.400. The standard InChI is InChI=1S/C25H28ClN3O3/c1-2-32-25(31)19-11-8-14-28(16-19)17-24(30)29-23(20-12-6-7-13-21(20)26)15-22(27-29)18-9-4-3-5-10-18/h3-7,9-10,12-13,19,23H,2,8,11,14-17H2,1H3/t19-,23+/m1/s1. The van der Waals surface area contributed by atoms with Crippen LogP contribution in [0.3, 0.4) is 0 Å². The number of hydrogen-bond donors (Lipinski definition) is 0. The van der Waals surface area contributed by atoms with Gasteiger partial charge in [-0.05, 0) is 43.5 Å². The highest BCUT2D eigenvalue weighted by Crippen LogP contribution is 2.36. The molecule has 2 aliphatic rings. The Morgan fingerprint density at radius 1 is 1.12 bits per heavy atom. The normalized spacial score (nSPS) is 21.3. The van der Waals surface area contributed by atoms with Crippen LogP contribution in [0.25, 0.3) is 0 Å². The molecule has 2 aliphatic heterocycles. The van der Waals surface area contributed by atoms with Crippen LogP contribution < -0.4 is 0 Å². The van der Waals surface area contributed by atoms with Gasteiger partial charge in [0.05, 0.1) is 30.8 Å². The van der Waals surface area contributed by atoms with Crippen molar-refractivity contribution in [1.82, 2.24) is 9.91 Å². The Labute approximate surface area is 193 Å². The summed E-state index contributed by atoms with van der Waals surface area (Å²) in [5.41, 5.74) is 2.76. The number of hydrazone groups is 1. The Kier molecular flexibility index (Phi) is 7.22. The minimum Gasteiger partial charge on any atom is -0.466 e. The first kappa shape index (κ1) is 22.5. The van der Waals surface area contributed by atoms with Crippen molar-refractivity contribution in [2.75, 3.05) is 26.2 Å². The van der Waals surface area contributed by atoms with Crippen molar-refractivity contribution in [1.29, 1.82) is 0 Å². The molecule has 0 aromatic heterocycles. The number of hydrogen-bond acceptors (Lipinski definition) is 5. The van der Waals surface area contributed by atoms with E-state index < -0.39 is 0 Å². The number of nitrogens with zero attached hydrogens (tertiary/aromatic N) is 3. The van der Waals surface area contributed by atoms with E-state index in [0.717, 1.165) is 36.2 Å². The third-order valence-electron chi connectivity index (χ3n) is 6.02. The molecule has 0 aliphatic carbocycles. The van der Waals surface area contributed by atoms with Crippen LogP contribution in [0.4, 0.5) is 0 Å². The number of halogens is 1. The van der Waals surface area contributed by atoms with Crippen LogP contribution in [0.5, 0.6) is 0 Å². The topological polar surface area (TPSA) is 62.2 Å². The summed E-state index contributed by atoms with van der Waals surface area (Å²) in [6.45, 7) is 3.71. The van der Waals surface area contributed by atoms with Crippen LogP contribution in [0.2, 0.25) is 5.02 Å². The van der Waals surface area contributed by atoms with Gasteiger partial charge in [-0.25, -0.2) is 5.01 Å². The highest BCUT2D eigenvalue weighted by Gasteiger charge is 2.36. The third kappa shape index (κ3) is 5.03. The number of esters is 1. The second kappa shape index (κ2) is 10.3. The van der Waals surface area contributed by atoms with E-state index in [-0.39, 0.29) is 30.4 Å². The zero-order valence-corrected chi connectivity index (χ0v) is 19.0. The van der Waals surface area contributed by atoms with Gasteiger partial charge >= 0.3 is 5.97 Å². The van der Waals surface area contributed by atoms with Gasteiger partial charge in [0, 0.05) is 18.0 Å². The Morgan fingerprint density at radius 3 is 2.62 bits per heavy atom. The molecule has 1 saturated heterocycles. The molecule has 32 heavy (non-hydrogen) atoms. The quantitative estimate of drug-likeness (QED) is 0.612. The van der Waals surface area contributed by atoms with Crippen molar-refractivity contribution in [2.45, 2.75) is 32.2 Å². The van der Waals surface area contributed by atoms with Crippen LogP contribution >= 0.6 is 11.6 Å². The predicted molar refractivity (Wildman–Crippen MR) is 124 cm³/mol. The Hall–Kier alpha value is -2.70. The summed E-state index contributed by atoms with van der Waals surface area (Å²) < 4.78 is 5.19. The van der Waals surface area contributed by atoms with Crippen LogP contribution in [-0.2, 0) is 14.3 Å². The van der Waals surface area contributed by atoms with Crippen molar-refractivity contribution in [3.05, 3.63) is 70.7 Å². The lowest BCUT2D eigenvalue weighted by Crippen LogP contribution is -2.44. The van der Waals surface area contributed by atoms with E-state index in [0.29, 0.717) is 24.6 Å².